The Kier molecular flexibility index (Phi) is 3.68. The fraction of sp³-hybridized carbons (Fsp3) is 0.500. The second-order valence-electron chi connectivity index (χ2n) is 6.83. The van der Waals surface area contributed by atoms with E-state index < -0.39 is 0 Å². The van der Waals surface area contributed by atoms with Crippen LogP contribution in [-0.2, 0) is 12.0 Å². The summed E-state index contributed by atoms with van der Waals surface area (Å²) in [6.45, 7) is 8.75. The molecule has 1 fully saturated rings. The van der Waals surface area contributed by atoms with Crippen molar-refractivity contribution in [1.82, 2.24) is 19.7 Å². The molecule has 0 radical (unpaired) electrons. The Bertz CT molecular complexity index is 698. The molecule has 116 valence electrons. The van der Waals surface area contributed by atoms with Crippen LogP contribution in [0.25, 0.3) is 0 Å². The predicted octanol–water partition coefficient (Wildman–Crippen LogP) is 1.47. The normalized spacial score (nSPS) is 15.7. The minimum absolute atomic E-state index is 0.0338. The van der Waals surface area contributed by atoms with Gasteiger partial charge in [0, 0.05) is 36.7 Å². The summed E-state index contributed by atoms with van der Waals surface area (Å²) in [6, 6.07) is 5.35. The first kappa shape index (κ1) is 14.7. The number of aromatic nitrogens is 4. The van der Waals surface area contributed by atoms with E-state index in [1.807, 2.05) is 12.1 Å². The van der Waals surface area contributed by atoms with Crippen molar-refractivity contribution in [3.8, 4) is 0 Å². The second kappa shape index (κ2) is 5.51. The lowest BCUT2D eigenvalue weighted by atomic mass is 9.92. The highest BCUT2D eigenvalue weighted by Crippen LogP contribution is 2.23. The highest BCUT2D eigenvalue weighted by Gasteiger charge is 2.28. The molecule has 6 heteroatoms. The molecule has 6 nitrogen and oxygen atoms in total. The monoisotopic (exact) mass is 299 g/mol. The van der Waals surface area contributed by atoms with E-state index in [-0.39, 0.29) is 11.0 Å². The van der Waals surface area contributed by atoms with Gasteiger partial charge in [-0.1, -0.05) is 20.8 Å². The summed E-state index contributed by atoms with van der Waals surface area (Å²) < 4.78 is 1.60. The maximum atomic E-state index is 12.0. The fourth-order valence-corrected chi connectivity index (χ4v) is 2.57. The molecule has 0 unspecified atom stereocenters. The van der Waals surface area contributed by atoms with Crippen LogP contribution < -0.4 is 10.5 Å². The molecule has 0 amide bonds. The quantitative estimate of drug-likeness (QED) is 0.858. The van der Waals surface area contributed by atoms with Gasteiger partial charge in [0.15, 0.2) is 0 Å². The van der Waals surface area contributed by atoms with Crippen LogP contribution in [0.1, 0.15) is 26.5 Å². The highest BCUT2D eigenvalue weighted by molar-refractivity contribution is 5.39. The van der Waals surface area contributed by atoms with Crippen LogP contribution in [0.15, 0.2) is 35.5 Å². The Labute approximate surface area is 129 Å². The van der Waals surface area contributed by atoms with Gasteiger partial charge in [0.2, 0.25) is 0 Å². The maximum Gasteiger partial charge on any atom is 0.266 e. The molecule has 2 aromatic heterocycles. The van der Waals surface area contributed by atoms with E-state index in [1.165, 1.54) is 0 Å². The SMILES string of the molecule is CC(C)(C)c1ccc(=O)n(CC2CN(c3ccncn3)C2)n1. The van der Waals surface area contributed by atoms with E-state index in [0.717, 1.165) is 24.6 Å². The third kappa shape index (κ3) is 3.00. The number of anilines is 1. The number of nitrogens with zero attached hydrogens (tertiary/aromatic N) is 5. The highest BCUT2D eigenvalue weighted by atomic mass is 16.1. The predicted molar refractivity (Wildman–Crippen MR) is 84.9 cm³/mol. The molecule has 2 aromatic rings. The lowest BCUT2D eigenvalue weighted by molar-refractivity contribution is 0.328. The van der Waals surface area contributed by atoms with Gasteiger partial charge in [0.1, 0.15) is 12.1 Å². The van der Waals surface area contributed by atoms with Crippen LogP contribution >= 0.6 is 0 Å². The van der Waals surface area contributed by atoms with Crippen molar-refractivity contribution in [2.24, 2.45) is 5.92 Å². The first-order valence-corrected chi connectivity index (χ1v) is 7.53. The lowest BCUT2D eigenvalue weighted by Crippen LogP contribution is -2.50. The second-order valence-corrected chi connectivity index (χ2v) is 6.83. The molecule has 0 aliphatic carbocycles. The van der Waals surface area contributed by atoms with Gasteiger partial charge in [-0.2, -0.15) is 5.10 Å². The Morgan fingerprint density at radius 3 is 2.64 bits per heavy atom. The van der Waals surface area contributed by atoms with Crippen LogP contribution in [0.3, 0.4) is 0 Å². The topological polar surface area (TPSA) is 63.9 Å². The zero-order chi connectivity index (χ0) is 15.7. The molecule has 0 N–H and O–H groups in total. The number of hydrogen-bond acceptors (Lipinski definition) is 5. The van der Waals surface area contributed by atoms with Crippen molar-refractivity contribution >= 4 is 5.82 Å². The summed E-state index contributed by atoms with van der Waals surface area (Å²) in [5.41, 5.74) is 0.856. The summed E-state index contributed by atoms with van der Waals surface area (Å²) in [4.78, 5) is 22.3. The van der Waals surface area contributed by atoms with Crippen molar-refractivity contribution < 1.29 is 0 Å². The van der Waals surface area contributed by atoms with Gasteiger partial charge in [-0.25, -0.2) is 14.6 Å². The van der Waals surface area contributed by atoms with E-state index >= 15 is 0 Å². The standard InChI is InChI=1S/C16H21N5O/c1-16(2,3)13-4-5-15(22)21(19-13)10-12-8-20(9-12)14-6-7-17-11-18-14/h4-7,11-12H,8-10H2,1-3H3. The first-order valence-electron chi connectivity index (χ1n) is 7.53. The van der Waals surface area contributed by atoms with Gasteiger partial charge in [0.05, 0.1) is 12.2 Å². The van der Waals surface area contributed by atoms with Crippen LogP contribution in [0.2, 0.25) is 0 Å². The Hall–Kier alpha value is -2.24. The maximum absolute atomic E-state index is 12.0. The van der Waals surface area contributed by atoms with Crippen LogP contribution in [-0.4, -0.2) is 32.8 Å². The molecule has 3 rings (SSSR count). The van der Waals surface area contributed by atoms with E-state index in [2.05, 4.69) is 40.7 Å². The van der Waals surface area contributed by atoms with Crippen molar-refractivity contribution in [3.05, 3.63) is 46.8 Å². The smallest absolute Gasteiger partial charge is 0.266 e. The summed E-state index contributed by atoms with van der Waals surface area (Å²) in [7, 11) is 0. The Balaban J connectivity index is 1.67. The van der Waals surface area contributed by atoms with Gasteiger partial charge in [0.25, 0.3) is 5.56 Å². The van der Waals surface area contributed by atoms with Gasteiger partial charge in [-0.3, -0.25) is 4.79 Å². The molecule has 22 heavy (non-hydrogen) atoms. The van der Waals surface area contributed by atoms with E-state index in [4.69, 9.17) is 0 Å². The van der Waals surface area contributed by atoms with Crippen LogP contribution in [0.4, 0.5) is 5.82 Å². The molecule has 0 saturated carbocycles. The Morgan fingerprint density at radius 2 is 2.00 bits per heavy atom. The zero-order valence-electron chi connectivity index (χ0n) is 13.2. The molecular weight excluding hydrogens is 278 g/mol. The van der Waals surface area contributed by atoms with E-state index in [0.29, 0.717) is 12.5 Å². The van der Waals surface area contributed by atoms with Gasteiger partial charge < -0.3 is 4.90 Å². The molecular formula is C16H21N5O. The van der Waals surface area contributed by atoms with E-state index in [9.17, 15) is 4.79 Å². The summed E-state index contributed by atoms with van der Waals surface area (Å²) in [6.07, 6.45) is 3.30. The van der Waals surface area contributed by atoms with Crippen molar-refractivity contribution in [1.29, 1.82) is 0 Å². The summed E-state index contributed by atoms with van der Waals surface area (Å²) in [5.74, 6) is 1.37. The van der Waals surface area contributed by atoms with Crippen LogP contribution in [0.5, 0.6) is 0 Å². The minimum atomic E-state index is -0.0535. The lowest BCUT2D eigenvalue weighted by Gasteiger charge is -2.40. The largest absolute Gasteiger partial charge is 0.356 e. The average Bonchev–Trinajstić information content (AvgIpc) is 2.43. The molecule has 0 spiro atoms. The zero-order valence-corrected chi connectivity index (χ0v) is 13.2. The molecule has 0 aromatic carbocycles. The molecule has 0 bridgehead atoms. The van der Waals surface area contributed by atoms with Crippen molar-refractivity contribution in [2.45, 2.75) is 32.7 Å². The first-order chi connectivity index (χ1) is 10.4. The molecule has 0 atom stereocenters. The minimum Gasteiger partial charge on any atom is -0.356 e. The molecule has 1 saturated heterocycles. The molecule has 3 heterocycles. The third-order valence-corrected chi connectivity index (χ3v) is 3.91. The summed E-state index contributed by atoms with van der Waals surface area (Å²) >= 11 is 0. The average molecular weight is 299 g/mol. The van der Waals surface area contributed by atoms with Crippen molar-refractivity contribution in [3.63, 3.8) is 0 Å². The molecule has 1 aliphatic heterocycles. The fourth-order valence-electron chi connectivity index (χ4n) is 2.57. The number of rotatable bonds is 3. The van der Waals surface area contributed by atoms with E-state index in [1.54, 1.807) is 23.3 Å². The third-order valence-electron chi connectivity index (χ3n) is 3.91. The van der Waals surface area contributed by atoms with Crippen LogP contribution in [0, 0.1) is 5.92 Å². The van der Waals surface area contributed by atoms with Gasteiger partial charge in [-0.15, -0.1) is 0 Å². The summed E-state index contributed by atoms with van der Waals surface area (Å²) in [5, 5.41) is 4.52. The van der Waals surface area contributed by atoms with Gasteiger partial charge in [-0.05, 0) is 12.1 Å². The van der Waals surface area contributed by atoms with Gasteiger partial charge >= 0.3 is 0 Å². The van der Waals surface area contributed by atoms with Crippen molar-refractivity contribution in [2.75, 3.05) is 18.0 Å². The molecule has 1 aliphatic rings. The Morgan fingerprint density at radius 1 is 1.23 bits per heavy atom. The number of hydrogen-bond donors (Lipinski definition) is 0.